The summed E-state index contributed by atoms with van der Waals surface area (Å²) in [5.41, 5.74) is 1.23. The van der Waals surface area contributed by atoms with Crippen molar-refractivity contribution in [3.8, 4) is 17.1 Å². The predicted octanol–water partition coefficient (Wildman–Crippen LogP) is 2.47. The van der Waals surface area contributed by atoms with E-state index < -0.39 is 0 Å². The van der Waals surface area contributed by atoms with Gasteiger partial charge in [0, 0.05) is 18.3 Å². The van der Waals surface area contributed by atoms with Crippen molar-refractivity contribution in [2.45, 2.75) is 13.8 Å². The Hall–Kier alpha value is -2.10. The molecule has 0 bridgehead atoms. The molecule has 2 aromatic rings. The number of nitrogens with zero attached hydrogens (tertiary/aromatic N) is 1. The fraction of sp³-hybridized carbons (Fsp3) is 0.231. The summed E-state index contributed by atoms with van der Waals surface area (Å²) in [5, 5.41) is 0. The summed E-state index contributed by atoms with van der Waals surface area (Å²) in [7, 11) is 1.59. The molecule has 0 fully saturated rings. The summed E-state index contributed by atoms with van der Waals surface area (Å²) in [5.74, 6) is 0.713. The molecule has 0 radical (unpaired) electrons. The highest BCUT2D eigenvalue weighted by Crippen LogP contribution is 2.17. The fourth-order valence-corrected chi connectivity index (χ4v) is 1.28. The molecular formula is C13H16N2O2. The summed E-state index contributed by atoms with van der Waals surface area (Å²) in [4.78, 5) is 18.0. The van der Waals surface area contributed by atoms with Crippen molar-refractivity contribution < 1.29 is 4.74 Å². The van der Waals surface area contributed by atoms with E-state index in [2.05, 4.69) is 9.97 Å². The molecular weight excluding hydrogens is 216 g/mol. The Morgan fingerprint density at radius 2 is 2.00 bits per heavy atom. The Morgan fingerprint density at radius 3 is 2.65 bits per heavy atom. The normalized spacial score (nSPS) is 9.12. The van der Waals surface area contributed by atoms with E-state index in [4.69, 9.17) is 4.74 Å². The molecule has 0 aliphatic carbocycles. The van der Waals surface area contributed by atoms with E-state index in [1.165, 1.54) is 6.07 Å². The van der Waals surface area contributed by atoms with Crippen LogP contribution in [0.25, 0.3) is 11.4 Å². The number of hydrogen-bond acceptors (Lipinski definition) is 3. The van der Waals surface area contributed by atoms with Crippen LogP contribution in [0.3, 0.4) is 0 Å². The molecule has 4 nitrogen and oxygen atoms in total. The third-order valence-corrected chi connectivity index (χ3v) is 2.01. The zero-order valence-corrected chi connectivity index (χ0v) is 10.2. The minimum Gasteiger partial charge on any atom is -0.497 e. The largest absolute Gasteiger partial charge is 0.497 e. The van der Waals surface area contributed by atoms with E-state index in [1.807, 2.05) is 13.8 Å². The first-order valence-electron chi connectivity index (χ1n) is 5.49. The van der Waals surface area contributed by atoms with E-state index in [-0.39, 0.29) is 5.56 Å². The van der Waals surface area contributed by atoms with Crippen LogP contribution in [0, 0.1) is 0 Å². The molecule has 4 heteroatoms. The maximum absolute atomic E-state index is 11.1. The van der Waals surface area contributed by atoms with Crippen molar-refractivity contribution in [3.63, 3.8) is 0 Å². The number of H-pyrrole nitrogens is 1. The van der Waals surface area contributed by atoms with E-state index in [9.17, 15) is 4.79 Å². The van der Waals surface area contributed by atoms with Crippen molar-refractivity contribution in [1.29, 1.82) is 0 Å². The molecule has 90 valence electrons. The minimum atomic E-state index is -0.142. The van der Waals surface area contributed by atoms with Gasteiger partial charge in [0.1, 0.15) is 5.75 Å². The number of aromatic nitrogens is 2. The lowest BCUT2D eigenvalue weighted by Crippen LogP contribution is -2.04. The Kier molecular flexibility index (Phi) is 4.94. The zero-order valence-electron chi connectivity index (χ0n) is 10.2. The first-order chi connectivity index (χ1) is 8.29. The number of aromatic amines is 1. The number of ether oxygens (including phenoxy) is 1. The topological polar surface area (TPSA) is 55.0 Å². The van der Waals surface area contributed by atoms with Crippen LogP contribution in [0.1, 0.15) is 13.8 Å². The first kappa shape index (κ1) is 13.0. The zero-order chi connectivity index (χ0) is 12.7. The molecule has 0 aromatic carbocycles. The quantitative estimate of drug-likeness (QED) is 0.865. The van der Waals surface area contributed by atoms with Crippen molar-refractivity contribution in [2.75, 3.05) is 7.11 Å². The Morgan fingerprint density at radius 1 is 1.24 bits per heavy atom. The van der Waals surface area contributed by atoms with Gasteiger partial charge in [0.25, 0.3) is 0 Å². The van der Waals surface area contributed by atoms with Crippen LogP contribution in [0.2, 0.25) is 0 Å². The van der Waals surface area contributed by atoms with E-state index in [0.717, 1.165) is 0 Å². The molecule has 1 N–H and O–H groups in total. The number of pyridine rings is 2. The van der Waals surface area contributed by atoms with Crippen LogP contribution in [-0.4, -0.2) is 17.1 Å². The van der Waals surface area contributed by atoms with Gasteiger partial charge in [0.05, 0.1) is 18.5 Å². The molecule has 0 amide bonds. The highest BCUT2D eigenvalue weighted by atomic mass is 16.5. The van der Waals surface area contributed by atoms with Gasteiger partial charge in [-0.2, -0.15) is 0 Å². The third-order valence-electron chi connectivity index (χ3n) is 2.01. The lowest BCUT2D eigenvalue weighted by Gasteiger charge is -2.02. The van der Waals surface area contributed by atoms with Gasteiger partial charge < -0.3 is 9.72 Å². The maximum Gasteiger partial charge on any atom is 0.248 e. The molecule has 0 unspecified atom stereocenters. The van der Waals surface area contributed by atoms with Crippen molar-refractivity contribution >= 4 is 0 Å². The number of nitrogens with one attached hydrogen (secondary N) is 1. The van der Waals surface area contributed by atoms with Crippen LogP contribution < -0.4 is 10.3 Å². The number of hydrogen-bond donors (Lipinski definition) is 1. The van der Waals surface area contributed by atoms with Crippen molar-refractivity contribution in [2.24, 2.45) is 0 Å². The van der Waals surface area contributed by atoms with Gasteiger partial charge in [0.2, 0.25) is 5.56 Å². The van der Waals surface area contributed by atoms with Crippen LogP contribution in [0.5, 0.6) is 5.75 Å². The smallest absolute Gasteiger partial charge is 0.248 e. The molecule has 0 aliphatic rings. The van der Waals surface area contributed by atoms with Gasteiger partial charge >= 0.3 is 0 Å². The first-order valence-corrected chi connectivity index (χ1v) is 5.49. The molecule has 0 spiro atoms. The van der Waals surface area contributed by atoms with Gasteiger partial charge in [-0.25, -0.2) is 0 Å². The SMILES string of the molecule is CC.COc1ccnc(-c2cccc(=O)[nH]2)c1. The second kappa shape index (κ2) is 6.48. The summed E-state index contributed by atoms with van der Waals surface area (Å²) >= 11 is 0. The molecule has 2 rings (SSSR count). The lowest BCUT2D eigenvalue weighted by atomic mass is 10.2. The minimum absolute atomic E-state index is 0.142. The highest BCUT2D eigenvalue weighted by Gasteiger charge is 2.00. The van der Waals surface area contributed by atoms with E-state index in [1.54, 1.807) is 37.6 Å². The predicted molar refractivity (Wildman–Crippen MR) is 68.2 cm³/mol. The number of methoxy groups -OCH3 is 1. The molecule has 0 atom stereocenters. The van der Waals surface area contributed by atoms with Crippen molar-refractivity contribution in [3.05, 3.63) is 46.9 Å². The second-order valence-corrected chi connectivity index (χ2v) is 3.01. The Balaban J connectivity index is 0.000000686. The molecule has 2 heterocycles. The van der Waals surface area contributed by atoms with Crippen molar-refractivity contribution in [1.82, 2.24) is 9.97 Å². The standard InChI is InChI=1S/C11H10N2O2.C2H6/c1-15-8-5-6-12-10(7-8)9-3-2-4-11(14)13-9;1-2/h2-7H,1H3,(H,13,14);1-2H3. The summed E-state index contributed by atoms with van der Waals surface area (Å²) in [6, 6.07) is 8.47. The summed E-state index contributed by atoms with van der Waals surface area (Å²) < 4.78 is 5.07. The van der Waals surface area contributed by atoms with Gasteiger partial charge in [-0.15, -0.1) is 0 Å². The van der Waals surface area contributed by atoms with E-state index in [0.29, 0.717) is 17.1 Å². The maximum atomic E-state index is 11.1. The van der Waals surface area contributed by atoms with Gasteiger partial charge in [-0.1, -0.05) is 19.9 Å². The van der Waals surface area contributed by atoms with Crippen LogP contribution >= 0.6 is 0 Å². The summed E-state index contributed by atoms with van der Waals surface area (Å²) in [6.07, 6.45) is 1.64. The monoisotopic (exact) mass is 232 g/mol. The molecule has 17 heavy (non-hydrogen) atoms. The summed E-state index contributed by atoms with van der Waals surface area (Å²) in [6.45, 7) is 4.00. The Bertz CT molecular complexity index is 521. The average molecular weight is 232 g/mol. The number of rotatable bonds is 2. The van der Waals surface area contributed by atoms with Crippen LogP contribution in [0.4, 0.5) is 0 Å². The van der Waals surface area contributed by atoms with Gasteiger partial charge in [-0.3, -0.25) is 9.78 Å². The lowest BCUT2D eigenvalue weighted by molar-refractivity contribution is 0.414. The molecule has 2 aromatic heterocycles. The van der Waals surface area contributed by atoms with Crippen LogP contribution in [0.15, 0.2) is 41.3 Å². The second-order valence-electron chi connectivity index (χ2n) is 3.01. The fourth-order valence-electron chi connectivity index (χ4n) is 1.28. The van der Waals surface area contributed by atoms with E-state index >= 15 is 0 Å². The highest BCUT2D eigenvalue weighted by molar-refractivity contribution is 5.55. The Labute approximate surface area is 100 Å². The van der Waals surface area contributed by atoms with Gasteiger partial charge in [-0.05, 0) is 12.1 Å². The van der Waals surface area contributed by atoms with Gasteiger partial charge in [0.15, 0.2) is 0 Å². The molecule has 0 aliphatic heterocycles. The average Bonchev–Trinajstić information content (AvgIpc) is 2.41. The molecule has 0 saturated carbocycles. The molecule has 0 saturated heterocycles. The third kappa shape index (κ3) is 3.45. The van der Waals surface area contributed by atoms with Crippen LogP contribution in [-0.2, 0) is 0 Å².